The Morgan fingerprint density at radius 2 is 2.08 bits per heavy atom. The summed E-state index contributed by atoms with van der Waals surface area (Å²) in [6, 6.07) is -0.109. The number of amides is 3. The highest BCUT2D eigenvalue weighted by molar-refractivity contribution is 5.95. The highest BCUT2D eigenvalue weighted by Crippen LogP contribution is 2.20. The molecule has 0 spiro atoms. The molecule has 3 amide bonds. The van der Waals surface area contributed by atoms with Crippen molar-refractivity contribution in [3.05, 3.63) is 18.2 Å². The molecule has 140 valence electrons. The topological polar surface area (TPSA) is 79.3 Å². The van der Waals surface area contributed by atoms with E-state index in [4.69, 9.17) is 0 Å². The molecule has 1 aromatic heterocycles. The molecule has 1 atom stereocenters. The summed E-state index contributed by atoms with van der Waals surface area (Å²) in [5.74, 6) is 1.55. The Balaban J connectivity index is 1.85. The van der Waals surface area contributed by atoms with Gasteiger partial charge in [0.2, 0.25) is 5.91 Å². The van der Waals surface area contributed by atoms with Crippen LogP contribution < -0.4 is 10.6 Å². The van der Waals surface area contributed by atoms with Crippen molar-refractivity contribution in [2.24, 2.45) is 5.92 Å². The zero-order valence-corrected chi connectivity index (χ0v) is 15.8. The van der Waals surface area contributed by atoms with Crippen LogP contribution in [0.25, 0.3) is 0 Å². The Morgan fingerprint density at radius 3 is 2.76 bits per heavy atom. The van der Waals surface area contributed by atoms with Gasteiger partial charge in [0.15, 0.2) is 0 Å². The number of imidazole rings is 1. The molecule has 0 aliphatic carbocycles. The highest BCUT2D eigenvalue weighted by atomic mass is 16.2. The summed E-state index contributed by atoms with van der Waals surface area (Å²) in [7, 11) is 0. The standard InChI is InChI=1S/C18H31N5O2/c1-13(2)10-20-18(25)21-16(24)12-22-8-5-6-15(22)11-23-9-7-19-17(23)14(3)4/h7,9,13-15H,5-6,8,10-12H2,1-4H3,(H2,20,21,24,25)/t15-/m1/s1. The van der Waals surface area contributed by atoms with Gasteiger partial charge in [-0.2, -0.15) is 0 Å². The molecule has 1 aromatic rings. The van der Waals surface area contributed by atoms with Crippen LogP contribution in [-0.4, -0.2) is 52.1 Å². The lowest BCUT2D eigenvalue weighted by atomic mass is 10.2. The molecule has 7 nitrogen and oxygen atoms in total. The summed E-state index contributed by atoms with van der Waals surface area (Å²) in [4.78, 5) is 30.5. The second-order valence-electron chi connectivity index (χ2n) is 7.51. The van der Waals surface area contributed by atoms with Crippen LogP contribution in [-0.2, 0) is 11.3 Å². The van der Waals surface area contributed by atoms with Crippen molar-refractivity contribution < 1.29 is 9.59 Å². The van der Waals surface area contributed by atoms with Gasteiger partial charge >= 0.3 is 6.03 Å². The largest absolute Gasteiger partial charge is 0.338 e. The van der Waals surface area contributed by atoms with Gasteiger partial charge in [0, 0.05) is 37.4 Å². The van der Waals surface area contributed by atoms with E-state index in [2.05, 4.69) is 38.9 Å². The number of urea groups is 1. The predicted molar refractivity (Wildman–Crippen MR) is 97.3 cm³/mol. The molecule has 2 N–H and O–H groups in total. The lowest BCUT2D eigenvalue weighted by Gasteiger charge is -2.25. The number of imide groups is 1. The third-order valence-electron chi connectivity index (χ3n) is 4.44. The molecule has 2 rings (SSSR count). The van der Waals surface area contributed by atoms with Crippen LogP contribution in [0.15, 0.2) is 12.4 Å². The SMILES string of the molecule is CC(C)CNC(=O)NC(=O)CN1CCC[C@@H]1Cn1ccnc1C(C)C. The Bertz CT molecular complexity index is 582. The van der Waals surface area contributed by atoms with Gasteiger partial charge in [0.1, 0.15) is 5.82 Å². The quantitative estimate of drug-likeness (QED) is 0.789. The number of carbonyl (C=O) groups excluding carboxylic acids is 2. The zero-order valence-electron chi connectivity index (χ0n) is 15.8. The first-order valence-corrected chi connectivity index (χ1v) is 9.19. The maximum absolute atomic E-state index is 12.1. The summed E-state index contributed by atoms with van der Waals surface area (Å²) in [6.07, 6.45) is 5.97. The van der Waals surface area contributed by atoms with E-state index in [9.17, 15) is 9.59 Å². The van der Waals surface area contributed by atoms with Gasteiger partial charge < -0.3 is 9.88 Å². The summed E-state index contributed by atoms with van der Waals surface area (Å²) in [5, 5.41) is 5.13. The van der Waals surface area contributed by atoms with Crippen molar-refractivity contribution in [2.75, 3.05) is 19.6 Å². The zero-order chi connectivity index (χ0) is 18.4. The van der Waals surface area contributed by atoms with E-state index in [0.29, 0.717) is 24.4 Å². The van der Waals surface area contributed by atoms with Gasteiger partial charge in [-0.25, -0.2) is 9.78 Å². The lowest BCUT2D eigenvalue weighted by molar-refractivity contribution is -0.121. The van der Waals surface area contributed by atoms with E-state index >= 15 is 0 Å². The lowest BCUT2D eigenvalue weighted by Crippen LogP contribution is -2.46. The second kappa shape index (κ2) is 8.99. The summed E-state index contributed by atoms with van der Waals surface area (Å²) in [5.41, 5.74) is 0. The molecule has 0 bridgehead atoms. The third-order valence-corrected chi connectivity index (χ3v) is 4.44. The minimum atomic E-state index is -0.411. The molecule has 2 heterocycles. The molecule has 1 fully saturated rings. The van der Waals surface area contributed by atoms with Crippen LogP contribution in [0.2, 0.25) is 0 Å². The summed E-state index contributed by atoms with van der Waals surface area (Å²) < 4.78 is 2.18. The smallest absolute Gasteiger partial charge is 0.321 e. The molecule has 1 saturated heterocycles. The first kappa shape index (κ1) is 19.4. The number of aromatic nitrogens is 2. The first-order valence-electron chi connectivity index (χ1n) is 9.19. The maximum Gasteiger partial charge on any atom is 0.321 e. The van der Waals surface area contributed by atoms with E-state index in [0.717, 1.165) is 31.8 Å². The van der Waals surface area contributed by atoms with E-state index in [-0.39, 0.29) is 12.5 Å². The minimum absolute atomic E-state index is 0.247. The molecule has 25 heavy (non-hydrogen) atoms. The van der Waals surface area contributed by atoms with E-state index in [1.165, 1.54) is 0 Å². The van der Waals surface area contributed by atoms with Crippen molar-refractivity contribution >= 4 is 11.9 Å². The number of nitrogens with one attached hydrogen (secondary N) is 2. The fourth-order valence-corrected chi connectivity index (χ4v) is 3.20. The molecule has 7 heteroatoms. The average Bonchev–Trinajstić information content (AvgIpc) is 3.15. The van der Waals surface area contributed by atoms with Gasteiger partial charge in [-0.15, -0.1) is 0 Å². The highest BCUT2D eigenvalue weighted by Gasteiger charge is 2.27. The predicted octanol–water partition coefficient (Wildman–Crippen LogP) is 1.95. The van der Waals surface area contributed by atoms with E-state index in [1.54, 1.807) is 0 Å². The van der Waals surface area contributed by atoms with Gasteiger partial charge in [0.25, 0.3) is 0 Å². The van der Waals surface area contributed by atoms with Crippen LogP contribution in [0.5, 0.6) is 0 Å². The van der Waals surface area contributed by atoms with Gasteiger partial charge in [-0.05, 0) is 25.3 Å². The minimum Gasteiger partial charge on any atom is -0.338 e. The van der Waals surface area contributed by atoms with E-state index in [1.807, 2.05) is 26.2 Å². The van der Waals surface area contributed by atoms with Crippen LogP contribution in [0.4, 0.5) is 4.79 Å². The van der Waals surface area contributed by atoms with Crippen molar-refractivity contribution in [3.63, 3.8) is 0 Å². The fraction of sp³-hybridized carbons (Fsp3) is 0.722. The third kappa shape index (κ3) is 5.85. The molecule has 1 aliphatic rings. The monoisotopic (exact) mass is 349 g/mol. The molecule has 0 saturated carbocycles. The van der Waals surface area contributed by atoms with Crippen molar-refractivity contribution in [2.45, 2.75) is 59.0 Å². The Labute approximate surface area is 150 Å². The molecule has 0 radical (unpaired) electrons. The number of hydrogen-bond donors (Lipinski definition) is 2. The first-order chi connectivity index (χ1) is 11.9. The summed E-state index contributed by atoms with van der Waals surface area (Å²) in [6.45, 7) is 10.8. The van der Waals surface area contributed by atoms with Gasteiger partial charge in [-0.3, -0.25) is 15.0 Å². The number of nitrogens with zero attached hydrogens (tertiary/aromatic N) is 3. The summed E-state index contributed by atoms with van der Waals surface area (Å²) >= 11 is 0. The Morgan fingerprint density at radius 1 is 1.32 bits per heavy atom. The van der Waals surface area contributed by atoms with Crippen molar-refractivity contribution in [3.8, 4) is 0 Å². The van der Waals surface area contributed by atoms with Crippen LogP contribution in [0.3, 0.4) is 0 Å². The molecular weight excluding hydrogens is 318 g/mol. The van der Waals surface area contributed by atoms with Crippen molar-refractivity contribution in [1.29, 1.82) is 0 Å². The van der Waals surface area contributed by atoms with Gasteiger partial charge in [-0.1, -0.05) is 27.7 Å². The molecular formula is C18H31N5O2. The van der Waals surface area contributed by atoms with Crippen LogP contribution in [0.1, 0.15) is 52.3 Å². The van der Waals surface area contributed by atoms with Crippen LogP contribution >= 0.6 is 0 Å². The number of hydrogen-bond acceptors (Lipinski definition) is 4. The molecule has 0 aromatic carbocycles. The number of likely N-dealkylation sites (tertiary alicyclic amines) is 1. The maximum atomic E-state index is 12.1. The Hall–Kier alpha value is -1.89. The second-order valence-corrected chi connectivity index (χ2v) is 7.51. The fourth-order valence-electron chi connectivity index (χ4n) is 3.20. The van der Waals surface area contributed by atoms with Crippen molar-refractivity contribution in [1.82, 2.24) is 25.1 Å². The normalized spacial score (nSPS) is 18.1. The average molecular weight is 349 g/mol. The Kier molecular flexibility index (Phi) is 6.99. The number of rotatable bonds is 7. The number of carbonyl (C=O) groups is 2. The van der Waals surface area contributed by atoms with Crippen LogP contribution in [0, 0.1) is 5.92 Å². The molecule has 1 aliphatic heterocycles. The van der Waals surface area contributed by atoms with E-state index < -0.39 is 6.03 Å². The molecule has 0 unspecified atom stereocenters. The van der Waals surface area contributed by atoms with Gasteiger partial charge in [0.05, 0.1) is 6.54 Å².